The van der Waals surface area contributed by atoms with Crippen molar-refractivity contribution >= 4 is 47.8 Å². The summed E-state index contributed by atoms with van der Waals surface area (Å²) in [5.74, 6) is 0. The zero-order valence-corrected chi connectivity index (χ0v) is 26.1. The molecule has 9 nitrogen and oxygen atoms in total. The molecule has 15 heteroatoms. The van der Waals surface area contributed by atoms with Crippen molar-refractivity contribution in [2.45, 2.75) is 0 Å². The van der Waals surface area contributed by atoms with Crippen molar-refractivity contribution in [2.24, 2.45) is 0 Å². The molecule has 0 aliphatic carbocycles. The van der Waals surface area contributed by atoms with Crippen LogP contribution in [0, 0.1) is 71.2 Å². The number of rotatable bonds is 0. The molecule has 0 aliphatic heterocycles. The topological polar surface area (TPSA) is 256 Å². The summed E-state index contributed by atoms with van der Waals surface area (Å²) in [6.45, 7) is 0. The monoisotopic (exact) mass is 789 g/mol. The van der Waals surface area contributed by atoms with Gasteiger partial charge >= 0.3 is 158 Å². The van der Waals surface area contributed by atoms with Crippen LogP contribution in [0.1, 0.15) is 0 Å². The molecule has 0 aliphatic rings. The van der Waals surface area contributed by atoms with Crippen molar-refractivity contribution in [2.75, 3.05) is 0 Å². The fourth-order valence-electron chi connectivity index (χ4n) is 0. The van der Waals surface area contributed by atoms with Gasteiger partial charge in [0.15, 0.2) is 0 Å². The molecule has 0 heterocycles. The maximum atomic E-state index is 0. The first-order valence-corrected chi connectivity index (χ1v) is 0. The van der Waals surface area contributed by atoms with Gasteiger partial charge in [0.1, 0.15) is 0 Å². The van der Waals surface area contributed by atoms with Crippen molar-refractivity contribution < 1.29 is 159 Å². The van der Waals surface area contributed by atoms with E-state index in [4.69, 9.17) is 0 Å². The van der Waals surface area contributed by atoms with Crippen LogP contribution in [-0.2, 0) is 88.2 Å². The van der Waals surface area contributed by atoms with Gasteiger partial charge in [-0.3, -0.25) is 0 Å². The molecule has 0 aromatic heterocycles. The van der Waals surface area contributed by atoms with Gasteiger partial charge in [-0.05, 0) is 0 Å². The molecule has 0 amide bonds. The van der Waals surface area contributed by atoms with Gasteiger partial charge in [0.2, 0.25) is 0 Å². The molecule has 0 saturated heterocycles. The molecule has 0 atom stereocenters. The van der Waals surface area contributed by atoms with Crippen LogP contribution in [0.3, 0.4) is 0 Å². The van der Waals surface area contributed by atoms with Crippen LogP contribution in [0.15, 0.2) is 0 Å². The Balaban J connectivity index is 0. The molecule has 0 aromatic carbocycles. The molecule has 15 heavy (non-hydrogen) atoms. The van der Waals surface area contributed by atoms with Crippen LogP contribution in [-0.4, -0.2) is 47.8 Å². The Bertz CT molecular complexity index is 24.1. The average Bonchev–Trinajstić information content (AvgIpc) is 0. The number of hydrogen-bond acceptors (Lipinski definition) is 0. The van der Waals surface area contributed by atoms with Gasteiger partial charge in [0.05, 0.1) is 0 Å². The minimum absolute atomic E-state index is 0. The van der Waals surface area contributed by atoms with E-state index >= 15 is 0 Å². The van der Waals surface area contributed by atoms with Crippen LogP contribution in [0.25, 0.3) is 0 Å². The first-order valence-electron chi connectivity index (χ1n) is 0. The third-order valence-electron chi connectivity index (χ3n) is 0. The molecule has 0 N–H and O–H groups in total. The number of hydrogen-bond donors (Lipinski definition) is 0. The summed E-state index contributed by atoms with van der Waals surface area (Å²) < 4.78 is 0. The van der Waals surface area contributed by atoms with E-state index in [1.54, 1.807) is 0 Å². The fourth-order valence-corrected chi connectivity index (χ4v) is 0. The molecular weight excluding hydrogens is 790 g/mol. The van der Waals surface area contributed by atoms with Crippen molar-refractivity contribution in [1.29, 1.82) is 0 Å². The first-order chi connectivity index (χ1) is 0. The van der Waals surface area contributed by atoms with E-state index in [-0.39, 0.29) is 207 Å². The van der Waals surface area contributed by atoms with Gasteiger partial charge in [-0.15, -0.1) is 0 Å². The van der Waals surface area contributed by atoms with Crippen LogP contribution in [0.4, 0.5) is 0 Å². The smallest absolute Gasteiger partial charge is 2.00 e. The summed E-state index contributed by atoms with van der Waals surface area (Å²) in [6, 6.07) is 0. The summed E-state index contributed by atoms with van der Waals surface area (Å²) in [5.41, 5.74) is 0. The quantitative estimate of drug-likeness (QED) is 0.246. The van der Waals surface area contributed by atoms with Crippen LogP contribution in [0.5, 0.6) is 0 Å². The Hall–Kier alpha value is 4.87. The van der Waals surface area contributed by atoms with Gasteiger partial charge in [0, 0.05) is 0 Å². The first kappa shape index (κ1) is 298. The molecule has 0 unspecified atom stereocenters. The zero-order valence-electron chi connectivity index (χ0n) is 7.24. The maximum Gasteiger partial charge on any atom is 4.00 e. The van der Waals surface area contributed by atoms with Crippen molar-refractivity contribution in [3.8, 4) is 0 Å². The van der Waals surface area contributed by atoms with E-state index in [9.17, 15) is 0 Å². The van der Waals surface area contributed by atoms with Crippen molar-refractivity contribution in [3.63, 3.8) is 0 Å². The Morgan fingerprint density at radius 3 is 0.267 bits per heavy atom. The van der Waals surface area contributed by atoms with E-state index in [2.05, 4.69) is 0 Å². The van der Waals surface area contributed by atoms with Crippen LogP contribution >= 0.6 is 0 Å². The van der Waals surface area contributed by atoms with E-state index in [1.165, 1.54) is 0 Å². The molecule has 0 bridgehead atoms. The zero-order chi connectivity index (χ0) is 0. The van der Waals surface area contributed by atoms with Gasteiger partial charge in [-0.25, -0.2) is 0 Å². The molecule has 0 rings (SSSR count). The minimum atomic E-state index is 0. The molecule has 72 valence electrons. The van der Waals surface area contributed by atoms with Gasteiger partial charge in [-0.2, -0.15) is 0 Å². The molecule has 0 aromatic rings. The molecule has 0 saturated carbocycles. The predicted octanol–water partition coefficient (Wildman–Crippen LogP) is -1.84. The fraction of sp³-hybridized carbons (Fsp3) is 0. The normalized spacial score (nSPS) is 0. The standard InChI is InChI=1S/2La.9O.2Sn.2Zn/q2*+3;9*-2;2*+4;2*+2. The van der Waals surface area contributed by atoms with Crippen molar-refractivity contribution in [3.05, 3.63) is 0 Å². The SMILES string of the molecule is [La+3].[La+3].[O-2].[O-2].[O-2].[O-2].[O-2].[O-2].[O-2].[O-2].[O-2].[Sn+4].[Sn+4].[Zn+2].[Zn+2]. The Morgan fingerprint density at radius 2 is 0.267 bits per heavy atom. The Morgan fingerprint density at radius 1 is 0.267 bits per heavy atom. The van der Waals surface area contributed by atoms with E-state index in [0.29, 0.717) is 0 Å². The summed E-state index contributed by atoms with van der Waals surface area (Å²) in [5, 5.41) is 0. The predicted molar refractivity (Wildman–Crippen MR) is 17.7 cm³/mol. The summed E-state index contributed by atoms with van der Waals surface area (Å²) in [6.07, 6.45) is 0. The Kier molecular flexibility index (Phi) is 5040. The summed E-state index contributed by atoms with van der Waals surface area (Å²) in [7, 11) is 0. The third kappa shape index (κ3) is 226. The van der Waals surface area contributed by atoms with Gasteiger partial charge in [0.25, 0.3) is 0 Å². The van der Waals surface area contributed by atoms with Gasteiger partial charge < -0.3 is 49.3 Å². The summed E-state index contributed by atoms with van der Waals surface area (Å²) >= 11 is 0. The minimum Gasteiger partial charge on any atom is -2.00 e. The van der Waals surface area contributed by atoms with Crippen LogP contribution in [0.2, 0.25) is 0 Å². The third-order valence-corrected chi connectivity index (χ3v) is 0. The van der Waals surface area contributed by atoms with E-state index in [0.717, 1.165) is 0 Å². The average molecular weight is 790 g/mol. The van der Waals surface area contributed by atoms with E-state index in [1.807, 2.05) is 0 Å². The second-order valence-electron chi connectivity index (χ2n) is 0. The molecule has 0 fully saturated rings. The second kappa shape index (κ2) is 254. The Labute approximate surface area is 203 Å². The van der Waals surface area contributed by atoms with E-state index < -0.39 is 0 Å². The molecule has 0 radical (unpaired) electrons. The van der Waals surface area contributed by atoms with Crippen molar-refractivity contribution in [1.82, 2.24) is 0 Å². The van der Waals surface area contributed by atoms with Crippen LogP contribution < -0.4 is 0 Å². The largest absolute Gasteiger partial charge is 4.00 e. The van der Waals surface area contributed by atoms with Gasteiger partial charge in [-0.1, -0.05) is 0 Å². The molecular formula is La2O9Sn2Zn2. The molecule has 0 spiro atoms. The maximum absolute atomic E-state index is 0. The second-order valence-corrected chi connectivity index (χ2v) is 0. The summed E-state index contributed by atoms with van der Waals surface area (Å²) in [4.78, 5) is 0.